The highest BCUT2D eigenvalue weighted by molar-refractivity contribution is 4.98. The van der Waals surface area contributed by atoms with E-state index < -0.39 is 0 Å². The summed E-state index contributed by atoms with van der Waals surface area (Å²) in [6.45, 7) is 11.1. The van der Waals surface area contributed by atoms with Crippen LogP contribution in [0.25, 0.3) is 0 Å². The van der Waals surface area contributed by atoms with Gasteiger partial charge in [-0.1, -0.05) is 33.6 Å². The van der Waals surface area contributed by atoms with Gasteiger partial charge >= 0.3 is 0 Å². The van der Waals surface area contributed by atoms with Crippen molar-refractivity contribution in [1.29, 1.82) is 0 Å². The number of nitrogens with one attached hydrogen (secondary N) is 1. The molecule has 3 rings (SSSR count). The Morgan fingerprint density at radius 3 is 2.32 bits per heavy atom. The summed E-state index contributed by atoms with van der Waals surface area (Å²) in [5, 5.41) is 3.84. The van der Waals surface area contributed by atoms with Gasteiger partial charge in [0.15, 0.2) is 0 Å². The SMILES string of the molecule is CC(C)(C)C1CN(CC2CCCC2)C(C2CC2)CN1. The molecule has 1 N–H and O–H groups in total. The molecule has 3 fully saturated rings. The zero-order valence-corrected chi connectivity index (χ0v) is 13.1. The summed E-state index contributed by atoms with van der Waals surface area (Å²) in [6, 6.07) is 1.52. The fourth-order valence-electron chi connectivity index (χ4n) is 4.09. The fraction of sp³-hybridized carbons (Fsp3) is 1.00. The second-order valence-corrected chi connectivity index (χ2v) is 8.34. The lowest BCUT2D eigenvalue weighted by Gasteiger charge is -2.46. The van der Waals surface area contributed by atoms with Crippen LogP contribution >= 0.6 is 0 Å². The van der Waals surface area contributed by atoms with Crippen LogP contribution in [0, 0.1) is 17.3 Å². The van der Waals surface area contributed by atoms with Crippen molar-refractivity contribution >= 4 is 0 Å². The van der Waals surface area contributed by atoms with Gasteiger partial charge in [-0.15, -0.1) is 0 Å². The van der Waals surface area contributed by atoms with Crippen LogP contribution in [-0.4, -0.2) is 36.6 Å². The quantitative estimate of drug-likeness (QED) is 0.841. The van der Waals surface area contributed by atoms with Crippen molar-refractivity contribution in [1.82, 2.24) is 10.2 Å². The van der Waals surface area contributed by atoms with E-state index in [4.69, 9.17) is 0 Å². The van der Waals surface area contributed by atoms with Gasteiger partial charge in [-0.25, -0.2) is 0 Å². The standard InChI is InChI=1S/C17H32N2/c1-17(2,3)16-12-19(11-13-6-4-5-7-13)15(10-18-16)14-8-9-14/h13-16,18H,4-12H2,1-3H3. The number of nitrogens with zero attached hydrogens (tertiary/aromatic N) is 1. The number of rotatable bonds is 3. The molecule has 0 aromatic rings. The molecule has 2 atom stereocenters. The molecular formula is C17H32N2. The Balaban J connectivity index is 1.63. The molecule has 2 unspecified atom stereocenters. The highest BCUT2D eigenvalue weighted by Gasteiger charge is 2.41. The van der Waals surface area contributed by atoms with Crippen molar-refractivity contribution in [3.8, 4) is 0 Å². The van der Waals surface area contributed by atoms with Crippen molar-refractivity contribution in [3.05, 3.63) is 0 Å². The zero-order valence-electron chi connectivity index (χ0n) is 13.1. The van der Waals surface area contributed by atoms with Crippen LogP contribution in [0.15, 0.2) is 0 Å². The van der Waals surface area contributed by atoms with Crippen molar-refractivity contribution in [2.45, 2.75) is 71.4 Å². The summed E-state index contributed by atoms with van der Waals surface area (Å²) < 4.78 is 0. The van der Waals surface area contributed by atoms with Gasteiger partial charge in [0.25, 0.3) is 0 Å². The average molecular weight is 264 g/mol. The van der Waals surface area contributed by atoms with Crippen LogP contribution in [0.3, 0.4) is 0 Å². The van der Waals surface area contributed by atoms with Gasteiger partial charge in [0.05, 0.1) is 0 Å². The monoisotopic (exact) mass is 264 g/mol. The minimum Gasteiger partial charge on any atom is -0.311 e. The second-order valence-electron chi connectivity index (χ2n) is 8.34. The van der Waals surface area contributed by atoms with Gasteiger partial charge in [0.1, 0.15) is 0 Å². The molecule has 0 radical (unpaired) electrons. The van der Waals surface area contributed by atoms with Gasteiger partial charge in [-0.3, -0.25) is 4.90 Å². The minimum atomic E-state index is 0.391. The van der Waals surface area contributed by atoms with Crippen LogP contribution in [0.2, 0.25) is 0 Å². The van der Waals surface area contributed by atoms with Gasteiger partial charge in [0.2, 0.25) is 0 Å². The third-order valence-electron chi connectivity index (χ3n) is 5.64. The molecule has 0 aromatic carbocycles. The zero-order chi connectivity index (χ0) is 13.5. The molecule has 0 amide bonds. The van der Waals surface area contributed by atoms with Crippen LogP contribution in [0.4, 0.5) is 0 Å². The first-order chi connectivity index (χ1) is 9.04. The molecule has 2 aliphatic carbocycles. The van der Waals surface area contributed by atoms with Crippen LogP contribution in [0.5, 0.6) is 0 Å². The molecule has 19 heavy (non-hydrogen) atoms. The molecule has 0 bridgehead atoms. The second kappa shape index (κ2) is 5.37. The highest BCUT2D eigenvalue weighted by atomic mass is 15.2. The predicted molar refractivity (Wildman–Crippen MR) is 81.3 cm³/mol. The van der Waals surface area contributed by atoms with E-state index in [0.717, 1.165) is 17.9 Å². The number of hydrogen-bond donors (Lipinski definition) is 1. The first-order valence-corrected chi connectivity index (χ1v) is 8.51. The first kappa shape index (κ1) is 13.9. The lowest BCUT2D eigenvalue weighted by Crippen LogP contribution is -2.61. The Morgan fingerprint density at radius 1 is 1.05 bits per heavy atom. The molecule has 3 aliphatic rings. The van der Waals surface area contributed by atoms with E-state index in [-0.39, 0.29) is 0 Å². The lowest BCUT2D eigenvalue weighted by molar-refractivity contribution is 0.0624. The maximum atomic E-state index is 3.84. The largest absolute Gasteiger partial charge is 0.311 e. The van der Waals surface area contributed by atoms with Gasteiger partial charge in [-0.05, 0) is 42.9 Å². The van der Waals surface area contributed by atoms with E-state index in [1.807, 2.05) is 0 Å². The molecule has 1 aliphatic heterocycles. The summed E-state index contributed by atoms with van der Waals surface area (Å²) in [4.78, 5) is 2.88. The Hall–Kier alpha value is -0.0800. The van der Waals surface area contributed by atoms with Gasteiger partial charge in [-0.2, -0.15) is 0 Å². The summed E-state index contributed by atoms with van der Waals surface area (Å²) in [7, 11) is 0. The molecule has 1 heterocycles. The van der Waals surface area contributed by atoms with Crippen molar-refractivity contribution in [2.24, 2.45) is 17.3 Å². The fourth-order valence-corrected chi connectivity index (χ4v) is 4.09. The van der Waals surface area contributed by atoms with Gasteiger partial charge < -0.3 is 5.32 Å². The van der Waals surface area contributed by atoms with Crippen LogP contribution in [0.1, 0.15) is 59.3 Å². The minimum absolute atomic E-state index is 0.391. The van der Waals surface area contributed by atoms with Crippen molar-refractivity contribution in [2.75, 3.05) is 19.6 Å². The lowest BCUT2D eigenvalue weighted by atomic mass is 9.84. The molecule has 0 spiro atoms. The Kier molecular flexibility index (Phi) is 3.92. The molecular weight excluding hydrogens is 232 g/mol. The van der Waals surface area contributed by atoms with Crippen LogP contribution < -0.4 is 5.32 Å². The highest BCUT2D eigenvalue weighted by Crippen LogP contribution is 2.38. The third-order valence-corrected chi connectivity index (χ3v) is 5.64. The molecule has 2 saturated carbocycles. The Labute approximate surface area is 119 Å². The van der Waals surface area contributed by atoms with Crippen LogP contribution in [-0.2, 0) is 0 Å². The third kappa shape index (κ3) is 3.33. The van der Waals surface area contributed by atoms with E-state index in [2.05, 4.69) is 31.0 Å². The van der Waals surface area contributed by atoms with Crippen molar-refractivity contribution in [3.63, 3.8) is 0 Å². The van der Waals surface area contributed by atoms with E-state index in [1.54, 1.807) is 0 Å². The summed E-state index contributed by atoms with van der Waals surface area (Å²) in [5.74, 6) is 2.01. The van der Waals surface area contributed by atoms with E-state index in [1.165, 1.54) is 58.2 Å². The maximum absolute atomic E-state index is 3.84. The summed E-state index contributed by atoms with van der Waals surface area (Å²) >= 11 is 0. The smallest absolute Gasteiger partial charge is 0.0249 e. The summed E-state index contributed by atoms with van der Waals surface area (Å²) in [6.07, 6.45) is 8.89. The summed E-state index contributed by atoms with van der Waals surface area (Å²) in [5.41, 5.74) is 0.391. The average Bonchev–Trinajstić information content (AvgIpc) is 3.07. The first-order valence-electron chi connectivity index (χ1n) is 8.51. The Morgan fingerprint density at radius 2 is 1.74 bits per heavy atom. The topological polar surface area (TPSA) is 15.3 Å². The maximum Gasteiger partial charge on any atom is 0.0249 e. The van der Waals surface area contributed by atoms with Gasteiger partial charge in [0, 0.05) is 31.7 Å². The number of piperazine rings is 1. The molecule has 0 aromatic heterocycles. The Bertz CT molecular complexity index is 297. The number of hydrogen-bond acceptors (Lipinski definition) is 2. The predicted octanol–water partition coefficient (Wildman–Crippen LogP) is 3.28. The molecule has 1 saturated heterocycles. The van der Waals surface area contributed by atoms with E-state index in [0.29, 0.717) is 11.5 Å². The molecule has 2 nitrogen and oxygen atoms in total. The van der Waals surface area contributed by atoms with Crippen molar-refractivity contribution < 1.29 is 0 Å². The van der Waals surface area contributed by atoms with E-state index >= 15 is 0 Å². The molecule has 2 heteroatoms. The normalized spacial score (nSPS) is 34.9. The van der Waals surface area contributed by atoms with E-state index in [9.17, 15) is 0 Å². The molecule has 110 valence electrons.